The molecule has 1 N–H and O–H groups in total. The molecule has 1 aliphatic heterocycles. The summed E-state index contributed by atoms with van der Waals surface area (Å²) in [5, 5.41) is 13.8. The van der Waals surface area contributed by atoms with Gasteiger partial charge in [0.2, 0.25) is 0 Å². The Hall–Kier alpha value is -2.64. The van der Waals surface area contributed by atoms with Crippen molar-refractivity contribution in [3.63, 3.8) is 0 Å². The first kappa shape index (κ1) is 24.1. The second-order valence-corrected chi connectivity index (χ2v) is 11.6. The standard InChI is InChI=1S/C26H24BrN5OS2/c1-32-11-3-4-17(15-32)16-33-21-9-7-20(8-10-21)30-26-31-25-24(35-26)23(18(13-28)14-29-25)34-22-6-2-5-19(27)12-22/h2,5-10,12,14,17H,3-4,11,15-16H2,1H3,(H,29,30,31). The number of rotatable bonds is 7. The van der Waals surface area contributed by atoms with Gasteiger partial charge in [0.25, 0.3) is 0 Å². The van der Waals surface area contributed by atoms with Crippen molar-refractivity contribution in [2.75, 3.05) is 32.1 Å². The Labute approximate surface area is 221 Å². The Morgan fingerprint density at radius 1 is 1.29 bits per heavy atom. The van der Waals surface area contributed by atoms with E-state index < -0.39 is 0 Å². The molecule has 5 rings (SSSR count). The summed E-state index contributed by atoms with van der Waals surface area (Å²) in [5.41, 5.74) is 2.10. The number of nitrogens with zero attached hydrogens (tertiary/aromatic N) is 4. The first-order valence-corrected chi connectivity index (χ1v) is 13.8. The number of pyridine rings is 1. The number of nitrogens with one attached hydrogen (secondary N) is 1. The molecule has 35 heavy (non-hydrogen) atoms. The van der Waals surface area contributed by atoms with Gasteiger partial charge in [0.1, 0.15) is 11.8 Å². The van der Waals surface area contributed by atoms with Crippen LogP contribution in [0.2, 0.25) is 0 Å². The lowest BCUT2D eigenvalue weighted by Crippen LogP contribution is -2.34. The maximum Gasteiger partial charge on any atom is 0.189 e. The normalized spacial score (nSPS) is 16.2. The first-order chi connectivity index (χ1) is 17.1. The van der Waals surface area contributed by atoms with Gasteiger partial charge in [-0.15, -0.1) is 0 Å². The number of ether oxygens (including phenoxy) is 1. The van der Waals surface area contributed by atoms with E-state index in [1.807, 2.05) is 48.5 Å². The Bertz CT molecular complexity index is 1370. The summed E-state index contributed by atoms with van der Waals surface area (Å²) in [4.78, 5) is 13.4. The Morgan fingerprint density at radius 3 is 2.91 bits per heavy atom. The largest absolute Gasteiger partial charge is 0.493 e. The number of anilines is 2. The Morgan fingerprint density at radius 2 is 2.14 bits per heavy atom. The molecule has 0 saturated carbocycles. The van der Waals surface area contributed by atoms with E-state index in [4.69, 9.17) is 4.74 Å². The Kier molecular flexibility index (Phi) is 7.54. The van der Waals surface area contributed by atoms with Crippen LogP contribution in [0.15, 0.2) is 69.0 Å². The number of piperidine rings is 1. The number of hydrogen-bond donors (Lipinski definition) is 1. The molecule has 1 atom stereocenters. The number of halogens is 1. The molecule has 0 aliphatic carbocycles. The molecule has 6 nitrogen and oxygen atoms in total. The van der Waals surface area contributed by atoms with Gasteiger partial charge in [-0.3, -0.25) is 0 Å². The molecular weight excluding hydrogens is 542 g/mol. The quantitative estimate of drug-likeness (QED) is 0.260. The van der Waals surface area contributed by atoms with Crippen molar-refractivity contribution in [2.45, 2.75) is 22.6 Å². The summed E-state index contributed by atoms with van der Waals surface area (Å²) in [6, 6.07) is 18.3. The van der Waals surface area contributed by atoms with E-state index >= 15 is 0 Å². The smallest absolute Gasteiger partial charge is 0.189 e. The average Bonchev–Trinajstić information content (AvgIpc) is 3.27. The molecule has 1 unspecified atom stereocenters. The monoisotopic (exact) mass is 565 g/mol. The molecule has 1 aliphatic rings. The van der Waals surface area contributed by atoms with Crippen LogP contribution in [0.4, 0.5) is 10.8 Å². The van der Waals surface area contributed by atoms with Crippen LogP contribution in [-0.4, -0.2) is 41.6 Å². The number of hydrogen-bond acceptors (Lipinski definition) is 8. The first-order valence-electron chi connectivity index (χ1n) is 11.4. The molecule has 178 valence electrons. The number of nitriles is 1. The van der Waals surface area contributed by atoms with Crippen LogP contribution in [0, 0.1) is 17.2 Å². The SMILES string of the molecule is CN1CCCC(COc2ccc(Nc3nc4ncc(C#N)c(Sc5cccc(Br)c5)c4s3)cc2)C1. The van der Waals surface area contributed by atoms with Crippen LogP contribution in [0.3, 0.4) is 0 Å². The van der Waals surface area contributed by atoms with Crippen molar-refractivity contribution >= 4 is 60.2 Å². The zero-order valence-electron chi connectivity index (χ0n) is 19.2. The number of aromatic nitrogens is 2. The summed E-state index contributed by atoms with van der Waals surface area (Å²) in [7, 11) is 2.17. The van der Waals surface area contributed by atoms with E-state index in [1.54, 1.807) is 18.0 Å². The third kappa shape index (κ3) is 5.96. The van der Waals surface area contributed by atoms with E-state index in [0.29, 0.717) is 17.1 Å². The minimum absolute atomic E-state index is 0.545. The lowest BCUT2D eigenvalue weighted by atomic mass is 10.00. The van der Waals surface area contributed by atoms with Crippen molar-refractivity contribution in [2.24, 2.45) is 5.92 Å². The predicted octanol–water partition coefficient (Wildman–Crippen LogP) is 6.94. The highest BCUT2D eigenvalue weighted by atomic mass is 79.9. The van der Waals surface area contributed by atoms with E-state index in [2.05, 4.69) is 49.2 Å². The van der Waals surface area contributed by atoms with Crippen molar-refractivity contribution in [3.8, 4) is 11.8 Å². The van der Waals surface area contributed by atoms with Crippen molar-refractivity contribution in [3.05, 3.63) is 64.8 Å². The fourth-order valence-corrected chi connectivity index (χ4v) is 6.77. The van der Waals surface area contributed by atoms with Crippen molar-refractivity contribution < 1.29 is 4.74 Å². The second kappa shape index (κ2) is 11.0. The summed E-state index contributed by atoms with van der Waals surface area (Å²) in [5.74, 6) is 1.46. The van der Waals surface area contributed by atoms with Gasteiger partial charge in [-0.1, -0.05) is 45.1 Å². The Balaban J connectivity index is 1.30. The van der Waals surface area contributed by atoms with Crippen molar-refractivity contribution in [1.82, 2.24) is 14.9 Å². The minimum Gasteiger partial charge on any atom is -0.493 e. The molecule has 4 aromatic rings. The van der Waals surface area contributed by atoms with E-state index in [-0.39, 0.29) is 0 Å². The molecular formula is C26H24BrN5OS2. The van der Waals surface area contributed by atoms with Gasteiger partial charge >= 0.3 is 0 Å². The molecule has 2 aromatic heterocycles. The van der Waals surface area contributed by atoms with E-state index in [0.717, 1.165) is 48.7 Å². The van der Waals surface area contributed by atoms with Gasteiger partial charge in [0.05, 0.1) is 21.8 Å². The van der Waals surface area contributed by atoms with Gasteiger partial charge in [-0.25, -0.2) is 4.98 Å². The lowest BCUT2D eigenvalue weighted by Gasteiger charge is -2.29. The second-order valence-electron chi connectivity index (χ2n) is 8.57. The molecule has 3 heterocycles. The summed E-state index contributed by atoms with van der Waals surface area (Å²) >= 11 is 6.57. The highest BCUT2D eigenvalue weighted by Gasteiger charge is 2.18. The van der Waals surface area contributed by atoms with Crippen LogP contribution in [-0.2, 0) is 0 Å². The molecule has 2 aromatic carbocycles. The van der Waals surface area contributed by atoms with Gasteiger partial charge in [-0.05, 0) is 68.9 Å². The molecule has 9 heteroatoms. The number of fused-ring (bicyclic) bond motifs is 1. The van der Waals surface area contributed by atoms with Crippen molar-refractivity contribution in [1.29, 1.82) is 5.26 Å². The number of likely N-dealkylation sites (tertiary alicyclic amines) is 1. The third-order valence-corrected chi connectivity index (χ3v) is 8.54. The van der Waals surface area contributed by atoms with Crippen LogP contribution >= 0.6 is 39.0 Å². The molecule has 0 radical (unpaired) electrons. The van der Waals surface area contributed by atoms with Crippen LogP contribution in [0.1, 0.15) is 18.4 Å². The van der Waals surface area contributed by atoms with Gasteiger partial charge in [0, 0.05) is 33.7 Å². The van der Waals surface area contributed by atoms with Crippen LogP contribution in [0.25, 0.3) is 10.3 Å². The fraction of sp³-hybridized carbons (Fsp3) is 0.269. The summed E-state index contributed by atoms with van der Waals surface area (Å²) < 4.78 is 7.93. The van der Waals surface area contributed by atoms with Gasteiger partial charge in [0.15, 0.2) is 10.8 Å². The summed E-state index contributed by atoms with van der Waals surface area (Å²) in [6.07, 6.45) is 4.07. The van der Waals surface area contributed by atoms with Crippen LogP contribution in [0.5, 0.6) is 5.75 Å². The maximum absolute atomic E-state index is 9.66. The molecule has 1 fully saturated rings. The third-order valence-electron chi connectivity index (χ3n) is 5.83. The molecule has 0 amide bonds. The molecule has 0 spiro atoms. The zero-order chi connectivity index (χ0) is 24.2. The topological polar surface area (TPSA) is 74.1 Å². The highest BCUT2D eigenvalue weighted by molar-refractivity contribution is 9.10. The van der Waals surface area contributed by atoms with E-state index in [1.165, 1.54) is 30.7 Å². The molecule has 1 saturated heterocycles. The summed E-state index contributed by atoms with van der Waals surface area (Å²) in [6.45, 7) is 3.03. The average molecular weight is 567 g/mol. The lowest BCUT2D eigenvalue weighted by molar-refractivity contribution is 0.150. The van der Waals surface area contributed by atoms with Crippen LogP contribution < -0.4 is 10.1 Å². The predicted molar refractivity (Wildman–Crippen MR) is 146 cm³/mol. The minimum atomic E-state index is 0.545. The van der Waals surface area contributed by atoms with E-state index in [9.17, 15) is 5.26 Å². The van der Waals surface area contributed by atoms with Gasteiger partial charge < -0.3 is 15.0 Å². The number of thiazole rings is 1. The fourth-order valence-electron chi connectivity index (χ4n) is 4.12. The highest BCUT2D eigenvalue weighted by Crippen LogP contribution is 2.40. The maximum atomic E-state index is 9.66. The van der Waals surface area contributed by atoms with Gasteiger partial charge in [-0.2, -0.15) is 10.2 Å². The zero-order valence-corrected chi connectivity index (χ0v) is 22.4. The number of benzene rings is 2. The molecule has 0 bridgehead atoms.